The molecule has 3 aromatic rings. The summed E-state index contributed by atoms with van der Waals surface area (Å²) in [6.07, 6.45) is 0. The van der Waals surface area contributed by atoms with Crippen molar-refractivity contribution in [2.45, 2.75) is 26.8 Å². The van der Waals surface area contributed by atoms with Gasteiger partial charge in [0.05, 0.1) is 18.7 Å². The second-order valence-corrected chi connectivity index (χ2v) is 8.53. The quantitative estimate of drug-likeness (QED) is 0.530. The number of carbonyl (C=O) groups is 1. The van der Waals surface area contributed by atoms with Crippen molar-refractivity contribution in [3.05, 3.63) is 70.7 Å². The predicted molar refractivity (Wildman–Crippen MR) is 123 cm³/mol. The first-order chi connectivity index (χ1) is 15.4. The highest BCUT2D eigenvalue weighted by molar-refractivity contribution is 6.30. The van der Waals surface area contributed by atoms with Gasteiger partial charge in [-0.25, -0.2) is 4.79 Å². The van der Waals surface area contributed by atoms with Crippen LogP contribution in [0.2, 0.25) is 5.02 Å². The number of allylic oxidation sites excluding steroid dienone is 1. The molecule has 4 rings (SSSR count). The van der Waals surface area contributed by atoms with Gasteiger partial charge in [-0.3, -0.25) is 4.90 Å². The third-order valence-corrected chi connectivity index (χ3v) is 5.57. The van der Waals surface area contributed by atoms with E-state index in [9.17, 15) is 4.79 Å². The molecule has 7 nitrogen and oxygen atoms in total. The molecule has 1 aliphatic heterocycles. The van der Waals surface area contributed by atoms with Gasteiger partial charge in [0, 0.05) is 22.8 Å². The molecule has 1 unspecified atom stereocenters. The Balaban J connectivity index is 1.80. The average Bonchev–Trinajstić information content (AvgIpc) is 3.26. The molecule has 0 aliphatic carbocycles. The molecule has 166 valence electrons. The van der Waals surface area contributed by atoms with Gasteiger partial charge in [-0.1, -0.05) is 54.9 Å². The van der Waals surface area contributed by atoms with E-state index in [0.717, 1.165) is 28.1 Å². The summed E-state index contributed by atoms with van der Waals surface area (Å²) < 4.78 is 11.0. The Morgan fingerprint density at radius 2 is 1.97 bits per heavy atom. The van der Waals surface area contributed by atoms with Crippen LogP contribution in [0.4, 0.5) is 4.79 Å². The molecular weight excluding hydrogens is 428 g/mol. The number of carbonyl (C=O) groups excluding carboxylic acids is 1. The molecule has 2 aromatic carbocycles. The number of rotatable bonds is 6. The van der Waals surface area contributed by atoms with Crippen molar-refractivity contribution >= 4 is 23.2 Å². The van der Waals surface area contributed by atoms with Crippen molar-refractivity contribution in [2.24, 2.45) is 5.92 Å². The van der Waals surface area contributed by atoms with E-state index >= 15 is 0 Å². The maximum Gasteiger partial charge on any atom is 0.322 e. The van der Waals surface area contributed by atoms with E-state index in [1.54, 1.807) is 24.1 Å². The number of urea groups is 1. The van der Waals surface area contributed by atoms with Gasteiger partial charge in [-0.05, 0) is 42.7 Å². The van der Waals surface area contributed by atoms with Crippen LogP contribution in [0.5, 0.6) is 5.75 Å². The highest BCUT2D eigenvalue weighted by atomic mass is 35.5. The molecule has 0 fully saturated rings. The first-order valence-electron chi connectivity index (χ1n) is 10.4. The molecule has 1 aliphatic rings. The first-order valence-corrected chi connectivity index (χ1v) is 10.8. The van der Waals surface area contributed by atoms with Crippen LogP contribution in [-0.4, -0.2) is 34.7 Å². The van der Waals surface area contributed by atoms with Crippen molar-refractivity contribution in [2.75, 3.05) is 13.7 Å². The van der Waals surface area contributed by atoms with Gasteiger partial charge in [0.15, 0.2) is 0 Å². The van der Waals surface area contributed by atoms with E-state index in [-0.39, 0.29) is 6.03 Å². The molecule has 0 radical (unpaired) electrons. The number of hydrogen-bond acceptors (Lipinski definition) is 5. The zero-order valence-corrected chi connectivity index (χ0v) is 19.2. The molecule has 2 heterocycles. The minimum Gasteiger partial charge on any atom is -0.497 e. The van der Waals surface area contributed by atoms with E-state index in [4.69, 9.17) is 20.9 Å². The standard InChI is InChI=1S/C24H25ClN4O3/c1-14(2)13-29-15(3)20(21(26-24(29)30)16-8-10-19(31-4)11-9-16)23-27-22(28-32-23)17-6-5-7-18(25)12-17/h5-12,14,21H,13H2,1-4H3,(H,26,30). The number of aromatic nitrogens is 2. The SMILES string of the molecule is COc1ccc(C2NC(=O)N(CC(C)C)C(C)=C2c2nc(-c3cccc(Cl)c3)no2)cc1. The molecule has 1 aromatic heterocycles. The summed E-state index contributed by atoms with van der Waals surface area (Å²) in [5.41, 5.74) is 3.19. The Morgan fingerprint density at radius 1 is 1.22 bits per heavy atom. The summed E-state index contributed by atoms with van der Waals surface area (Å²) in [5.74, 6) is 1.82. The van der Waals surface area contributed by atoms with Gasteiger partial charge in [-0.2, -0.15) is 4.98 Å². The topological polar surface area (TPSA) is 80.5 Å². The van der Waals surface area contributed by atoms with Crippen molar-refractivity contribution < 1.29 is 14.1 Å². The maximum absolute atomic E-state index is 13.0. The minimum absolute atomic E-state index is 0.157. The van der Waals surface area contributed by atoms with Crippen LogP contribution in [0.15, 0.2) is 58.8 Å². The Bertz CT molecular complexity index is 1150. The molecule has 0 bridgehead atoms. The van der Waals surface area contributed by atoms with E-state index in [1.165, 1.54) is 0 Å². The fourth-order valence-corrected chi connectivity index (χ4v) is 3.96. The zero-order valence-electron chi connectivity index (χ0n) is 18.4. The Labute approximate surface area is 192 Å². The van der Waals surface area contributed by atoms with Crippen LogP contribution >= 0.6 is 11.6 Å². The van der Waals surface area contributed by atoms with Crippen molar-refractivity contribution in [3.8, 4) is 17.1 Å². The average molecular weight is 453 g/mol. The minimum atomic E-state index is -0.440. The summed E-state index contributed by atoms with van der Waals surface area (Å²) in [6, 6.07) is 14.2. The number of halogens is 1. The van der Waals surface area contributed by atoms with Gasteiger partial charge in [0.25, 0.3) is 5.89 Å². The van der Waals surface area contributed by atoms with Gasteiger partial charge >= 0.3 is 6.03 Å². The largest absolute Gasteiger partial charge is 0.497 e. The lowest BCUT2D eigenvalue weighted by Crippen LogP contribution is -2.47. The van der Waals surface area contributed by atoms with Gasteiger partial charge in [-0.15, -0.1) is 0 Å². The van der Waals surface area contributed by atoms with Crippen LogP contribution in [0.3, 0.4) is 0 Å². The molecule has 1 N–H and O–H groups in total. The summed E-state index contributed by atoms with van der Waals surface area (Å²) in [5, 5.41) is 7.86. The number of amides is 2. The molecule has 32 heavy (non-hydrogen) atoms. The number of benzene rings is 2. The van der Waals surface area contributed by atoms with E-state index in [1.807, 2.05) is 43.3 Å². The molecule has 0 saturated heterocycles. The van der Waals surface area contributed by atoms with Crippen LogP contribution in [0.25, 0.3) is 17.0 Å². The second-order valence-electron chi connectivity index (χ2n) is 8.09. The summed E-state index contributed by atoms with van der Waals surface area (Å²) in [7, 11) is 1.62. The lowest BCUT2D eigenvalue weighted by Gasteiger charge is -2.36. The number of hydrogen-bond donors (Lipinski definition) is 1. The lowest BCUT2D eigenvalue weighted by molar-refractivity contribution is 0.199. The smallest absolute Gasteiger partial charge is 0.322 e. The number of nitrogens with zero attached hydrogens (tertiary/aromatic N) is 3. The highest BCUT2D eigenvalue weighted by Gasteiger charge is 2.36. The van der Waals surface area contributed by atoms with Crippen LogP contribution < -0.4 is 10.1 Å². The second kappa shape index (κ2) is 9.04. The van der Waals surface area contributed by atoms with Gasteiger partial charge < -0.3 is 14.6 Å². The van der Waals surface area contributed by atoms with Crippen LogP contribution in [0, 0.1) is 5.92 Å². The number of methoxy groups -OCH3 is 1. The zero-order chi connectivity index (χ0) is 22.8. The molecule has 0 spiro atoms. The summed E-state index contributed by atoms with van der Waals surface area (Å²) in [6.45, 7) is 6.63. The molecule has 0 saturated carbocycles. The number of nitrogens with one attached hydrogen (secondary N) is 1. The van der Waals surface area contributed by atoms with Crippen molar-refractivity contribution in [1.82, 2.24) is 20.4 Å². The highest BCUT2D eigenvalue weighted by Crippen LogP contribution is 2.38. The molecule has 8 heteroatoms. The summed E-state index contributed by atoms with van der Waals surface area (Å²) in [4.78, 5) is 19.3. The van der Waals surface area contributed by atoms with Gasteiger partial charge in [0.1, 0.15) is 5.75 Å². The monoisotopic (exact) mass is 452 g/mol. The fourth-order valence-electron chi connectivity index (χ4n) is 3.77. The Hall–Kier alpha value is -3.32. The van der Waals surface area contributed by atoms with Gasteiger partial charge in [0.2, 0.25) is 5.82 Å². The normalized spacial score (nSPS) is 16.5. The Morgan fingerprint density at radius 3 is 2.62 bits per heavy atom. The van der Waals surface area contributed by atoms with Crippen LogP contribution in [0.1, 0.15) is 38.3 Å². The van der Waals surface area contributed by atoms with Crippen molar-refractivity contribution in [3.63, 3.8) is 0 Å². The molecular formula is C24H25ClN4O3. The predicted octanol–water partition coefficient (Wildman–Crippen LogP) is 5.55. The van der Waals surface area contributed by atoms with Crippen molar-refractivity contribution in [1.29, 1.82) is 0 Å². The third-order valence-electron chi connectivity index (χ3n) is 5.33. The first kappa shape index (κ1) is 21.9. The molecule has 2 amide bonds. The lowest BCUT2D eigenvalue weighted by atomic mass is 9.94. The maximum atomic E-state index is 13.0. The van der Waals surface area contributed by atoms with E-state index in [0.29, 0.717) is 29.2 Å². The fraction of sp³-hybridized carbons (Fsp3) is 0.292. The third kappa shape index (κ3) is 4.34. The number of ether oxygens (including phenoxy) is 1. The van der Waals surface area contributed by atoms with E-state index in [2.05, 4.69) is 29.3 Å². The van der Waals surface area contributed by atoms with E-state index < -0.39 is 6.04 Å². The molecule has 1 atom stereocenters. The Kier molecular flexibility index (Phi) is 6.19. The van der Waals surface area contributed by atoms with Crippen LogP contribution in [-0.2, 0) is 0 Å². The summed E-state index contributed by atoms with van der Waals surface area (Å²) >= 11 is 6.13.